The van der Waals surface area contributed by atoms with E-state index in [4.69, 9.17) is 4.98 Å². The van der Waals surface area contributed by atoms with E-state index in [-0.39, 0.29) is 16.5 Å². The van der Waals surface area contributed by atoms with Gasteiger partial charge in [-0.2, -0.15) is 0 Å². The monoisotopic (exact) mass is 551 g/mol. The van der Waals surface area contributed by atoms with E-state index in [1.165, 1.54) is 40.2 Å². The molecular weight excluding hydrogens is 522 g/mol. The molecule has 202 valence electrons. The first-order chi connectivity index (χ1) is 19.4. The zero-order valence-electron chi connectivity index (χ0n) is 22.4. The predicted octanol–water partition coefficient (Wildman–Crippen LogP) is 6.21. The Bertz CT molecular complexity index is 1700. The summed E-state index contributed by atoms with van der Waals surface area (Å²) >= 11 is 1.48. The van der Waals surface area contributed by atoms with Crippen molar-refractivity contribution in [1.29, 1.82) is 0 Å². The molecule has 1 aliphatic rings. The fourth-order valence-electron chi connectivity index (χ4n) is 5.30. The zero-order chi connectivity index (χ0) is 27.8. The third-order valence-corrected chi connectivity index (χ3v) is 8.40. The number of non-ortho nitro benzene ring substituents is 1. The standard InChI is InChI=1S/C31H29N5O3S/c1-21-5-6-22(2)26(18-21)24-9-12-29-32-30(23-7-10-25(11-8-23)36(38)39)27(35(29)19-24)20-33-13-15-34(16-14-33)31(37)28-4-3-17-40-28/h3-12,17-19H,13-16,20H2,1-2H3. The van der Waals surface area contributed by atoms with Gasteiger partial charge in [-0.05, 0) is 66.2 Å². The van der Waals surface area contributed by atoms with Crippen LogP contribution in [0.1, 0.15) is 26.5 Å². The van der Waals surface area contributed by atoms with Crippen LogP contribution >= 0.6 is 11.3 Å². The van der Waals surface area contributed by atoms with Crippen molar-refractivity contribution in [2.24, 2.45) is 0 Å². The van der Waals surface area contributed by atoms with Crippen LogP contribution in [0.5, 0.6) is 0 Å². The van der Waals surface area contributed by atoms with Crippen molar-refractivity contribution in [2.45, 2.75) is 20.4 Å². The molecule has 0 radical (unpaired) electrons. The molecule has 0 aliphatic carbocycles. The fourth-order valence-corrected chi connectivity index (χ4v) is 5.99. The lowest BCUT2D eigenvalue weighted by Gasteiger charge is -2.34. The number of imidazole rings is 1. The average molecular weight is 552 g/mol. The highest BCUT2D eigenvalue weighted by Gasteiger charge is 2.25. The van der Waals surface area contributed by atoms with Gasteiger partial charge in [-0.1, -0.05) is 29.8 Å². The first-order valence-electron chi connectivity index (χ1n) is 13.3. The Morgan fingerprint density at radius 2 is 1.73 bits per heavy atom. The van der Waals surface area contributed by atoms with E-state index in [0.29, 0.717) is 19.6 Å². The number of carbonyl (C=O) groups is 1. The minimum Gasteiger partial charge on any atom is -0.335 e. The number of fused-ring (bicyclic) bond motifs is 1. The van der Waals surface area contributed by atoms with Crippen molar-refractivity contribution < 1.29 is 9.72 Å². The van der Waals surface area contributed by atoms with E-state index < -0.39 is 0 Å². The molecule has 8 nitrogen and oxygen atoms in total. The van der Waals surface area contributed by atoms with Crippen LogP contribution in [0.2, 0.25) is 0 Å². The molecule has 1 amide bonds. The summed E-state index contributed by atoms with van der Waals surface area (Å²) in [6.45, 7) is 7.68. The predicted molar refractivity (Wildman–Crippen MR) is 158 cm³/mol. The number of nitrogens with zero attached hydrogens (tertiary/aromatic N) is 5. The van der Waals surface area contributed by atoms with Crippen molar-refractivity contribution in [1.82, 2.24) is 19.2 Å². The number of benzene rings is 2. The van der Waals surface area contributed by atoms with Gasteiger partial charge in [0, 0.05) is 56.6 Å². The molecule has 0 saturated carbocycles. The van der Waals surface area contributed by atoms with Crippen LogP contribution in [-0.2, 0) is 6.54 Å². The smallest absolute Gasteiger partial charge is 0.269 e. The number of piperazine rings is 1. The summed E-state index contributed by atoms with van der Waals surface area (Å²) < 4.78 is 2.15. The number of aryl methyl sites for hydroxylation is 2. The molecule has 4 heterocycles. The number of nitro benzene ring substituents is 1. The molecule has 0 unspecified atom stereocenters. The molecule has 1 fully saturated rings. The fraction of sp³-hybridized carbons (Fsp3) is 0.226. The summed E-state index contributed by atoms with van der Waals surface area (Å²) in [5.74, 6) is 0.0918. The van der Waals surface area contributed by atoms with Gasteiger partial charge in [0.15, 0.2) is 0 Å². The van der Waals surface area contributed by atoms with Gasteiger partial charge >= 0.3 is 0 Å². The van der Waals surface area contributed by atoms with Crippen LogP contribution in [-0.4, -0.2) is 56.2 Å². The van der Waals surface area contributed by atoms with Crippen molar-refractivity contribution in [3.8, 4) is 22.4 Å². The summed E-state index contributed by atoms with van der Waals surface area (Å²) in [6.07, 6.45) is 2.14. The Labute approximate surface area is 236 Å². The summed E-state index contributed by atoms with van der Waals surface area (Å²) in [5, 5.41) is 13.2. The second kappa shape index (κ2) is 10.7. The third kappa shape index (κ3) is 5.01. The van der Waals surface area contributed by atoms with Gasteiger partial charge in [0.1, 0.15) is 5.65 Å². The highest BCUT2D eigenvalue weighted by molar-refractivity contribution is 7.12. The van der Waals surface area contributed by atoms with Gasteiger partial charge in [-0.15, -0.1) is 11.3 Å². The zero-order valence-corrected chi connectivity index (χ0v) is 23.2. The van der Waals surface area contributed by atoms with Crippen molar-refractivity contribution in [2.75, 3.05) is 26.2 Å². The molecule has 40 heavy (non-hydrogen) atoms. The van der Waals surface area contributed by atoms with Crippen molar-refractivity contribution >= 4 is 28.6 Å². The number of pyridine rings is 1. The van der Waals surface area contributed by atoms with Gasteiger partial charge in [0.05, 0.1) is 21.2 Å². The van der Waals surface area contributed by atoms with Gasteiger partial charge in [0.25, 0.3) is 11.6 Å². The molecule has 6 rings (SSSR count). The first kappa shape index (κ1) is 25.9. The van der Waals surface area contributed by atoms with Crippen LogP contribution in [0.15, 0.2) is 78.3 Å². The van der Waals surface area contributed by atoms with E-state index in [0.717, 1.165) is 46.1 Å². The minimum absolute atomic E-state index is 0.0535. The number of thiophene rings is 1. The lowest BCUT2D eigenvalue weighted by molar-refractivity contribution is -0.384. The maximum Gasteiger partial charge on any atom is 0.269 e. The van der Waals surface area contributed by atoms with Crippen LogP contribution in [0, 0.1) is 24.0 Å². The van der Waals surface area contributed by atoms with E-state index in [1.807, 2.05) is 28.5 Å². The maximum absolute atomic E-state index is 12.9. The number of hydrogen-bond acceptors (Lipinski definition) is 6. The summed E-state index contributed by atoms with van der Waals surface area (Å²) in [5.41, 5.74) is 8.24. The molecule has 0 spiro atoms. The molecule has 3 aromatic heterocycles. The second-order valence-corrected chi connectivity index (χ2v) is 11.2. The topological polar surface area (TPSA) is 84.0 Å². The molecule has 1 aliphatic heterocycles. The first-order valence-corrected chi connectivity index (χ1v) is 14.1. The number of rotatable bonds is 6. The van der Waals surface area contributed by atoms with Crippen LogP contribution in [0.25, 0.3) is 28.0 Å². The number of nitro groups is 1. The van der Waals surface area contributed by atoms with Gasteiger partial charge < -0.3 is 9.30 Å². The van der Waals surface area contributed by atoms with Crippen LogP contribution in [0.4, 0.5) is 5.69 Å². The molecule has 1 saturated heterocycles. The number of carbonyl (C=O) groups excluding carboxylic acids is 1. The molecule has 2 aromatic carbocycles. The molecule has 0 atom stereocenters. The molecule has 9 heteroatoms. The van der Waals surface area contributed by atoms with Gasteiger partial charge in [-0.3, -0.25) is 19.8 Å². The number of amides is 1. The normalized spacial score (nSPS) is 14.1. The Morgan fingerprint density at radius 3 is 2.42 bits per heavy atom. The van der Waals surface area contributed by atoms with Crippen LogP contribution in [0.3, 0.4) is 0 Å². The van der Waals surface area contributed by atoms with Crippen molar-refractivity contribution in [3.63, 3.8) is 0 Å². The van der Waals surface area contributed by atoms with E-state index in [1.54, 1.807) is 12.1 Å². The number of aromatic nitrogens is 2. The summed E-state index contributed by atoms with van der Waals surface area (Å²) in [4.78, 5) is 33.7. The maximum atomic E-state index is 12.9. The molecule has 0 bridgehead atoms. The van der Waals surface area contributed by atoms with E-state index >= 15 is 0 Å². The average Bonchev–Trinajstić information content (AvgIpc) is 3.63. The Hall–Kier alpha value is -4.34. The largest absolute Gasteiger partial charge is 0.335 e. The Morgan fingerprint density at radius 1 is 0.975 bits per heavy atom. The summed E-state index contributed by atoms with van der Waals surface area (Å²) in [6, 6.07) is 21.0. The second-order valence-electron chi connectivity index (χ2n) is 10.2. The summed E-state index contributed by atoms with van der Waals surface area (Å²) in [7, 11) is 0. The van der Waals surface area contributed by atoms with Crippen molar-refractivity contribution in [3.05, 3.63) is 110 Å². The lowest BCUT2D eigenvalue weighted by Crippen LogP contribution is -2.48. The highest BCUT2D eigenvalue weighted by atomic mass is 32.1. The van der Waals surface area contributed by atoms with Gasteiger partial charge in [-0.25, -0.2) is 4.98 Å². The number of hydrogen-bond donors (Lipinski definition) is 0. The van der Waals surface area contributed by atoms with E-state index in [2.05, 4.69) is 53.6 Å². The Balaban J connectivity index is 1.35. The molecule has 0 N–H and O–H groups in total. The Kier molecular flexibility index (Phi) is 6.91. The SMILES string of the molecule is Cc1ccc(C)c(-c2ccc3nc(-c4ccc([N+](=O)[O-])cc4)c(CN4CCN(C(=O)c5cccs5)CC4)n3c2)c1. The third-order valence-electron chi connectivity index (χ3n) is 7.54. The molecular formula is C31H29N5O3S. The quantitative estimate of drug-likeness (QED) is 0.185. The lowest BCUT2D eigenvalue weighted by atomic mass is 10.00. The highest BCUT2D eigenvalue weighted by Crippen LogP contribution is 2.31. The molecule has 5 aromatic rings. The van der Waals surface area contributed by atoms with Gasteiger partial charge in [0.2, 0.25) is 0 Å². The van der Waals surface area contributed by atoms with Crippen LogP contribution < -0.4 is 0 Å². The minimum atomic E-state index is -0.387. The van der Waals surface area contributed by atoms with E-state index in [9.17, 15) is 14.9 Å².